The Morgan fingerprint density at radius 1 is 0.242 bits per heavy atom. The van der Waals surface area contributed by atoms with E-state index in [1.54, 1.807) is 0 Å². The van der Waals surface area contributed by atoms with E-state index in [1.165, 1.54) is 0 Å². The number of hydrogen-bond donors (Lipinski definition) is 1. The lowest BCUT2D eigenvalue weighted by Gasteiger charge is -2.44. The Morgan fingerprint density at radius 2 is 0.462 bits per heavy atom. The van der Waals surface area contributed by atoms with Crippen molar-refractivity contribution in [3.8, 4) is 11.5 Å². The second kappa shape index (κ2) is 27.7. The van der Waals surface area contributed by atoms with Gasteiger partial charge in [0.15, 0.2) is 0 Å². The molecule has 0 heterocycles. The van der Waals surface area contributed by atoms with Crippen molar-refractivity contribution < 1.29 is 199 Å². The summed E-state index contributed by atoms with van der Waals surface area (Å²) in [6.45, 7) is -3.17. The summed E-state index contributed by atoms with van der Waals surface area (Å²) in [5.74, 6) is -159. The van der Waals surface area contributed by atoms with Crippen molar-refractivity contribution in [2.45, 2.75) is 215 Å². The van der Waals surface area contributed by atoms with Crippen LogP contribution in [0.3, 0.4) is 0 Å². The van der Waals surface area contributed by atoms with Gasteiger partial charge in [-0.2, -0.15) is 197 Å². The summed E-state index contributed by atoms with van der Waals surface area (Å²) in [5.41, 5.74) is -0.198. The minimum absolute atomic E-state index is 0.0959. The van der Waals surface area contributed by atoms with E-state index >= 15 is 0 Å². The molecule has 3 nitrogen and oxygen atoms in total. The van der Waals surface area contributed by atoms with Crippen molar-refractivity contribution >= 4 is 12.6 Å². The summed E-state index contributed by atoms with van der Waals surface area (Å²) in [6.07, 6.45) is -23.0. The van der Waals surface area contributed by atoms with Gasteiger partial charge in [-0.05, 0) is 62.0 Å². The maximum atomic E-state index is 14.5. The van der Waals surface area contributed by atoms with Gasteiger partial charge in [-0.1, -0.05) is 38.5 Å². The number of benzene rings is 1. The van der Waals surface area contributed by atoms with Gasteiger partial charge >= 0.3 is 119 Å². The molecule has 0 spiro atoms. The Morgan fingerprint density at radius 3 is 0.714 bits per heavy atom. The summed E-state index contributed by atoms with van der Waals surface area (Å²) in [5, 5.41) is 0. The van der Waals surface area contributed by atoms with E-state index in [9.17, 15) is 184 Å². The van der Waals surface area contributed by atoms with E-state index in [1.807, 2.05) is 0 Å². The van der Waals surface area contributed by atoms with Crippen LogP contribution < -0.4 is 9.47 Å². The number of thiol groups is 1. The lowest BCUT2D eigenvalue weighted by atomic mass is 9.85. The molecule has 0 fully saturated rings. The molecule has 0 saturated carbocycles. The van der Waals surface area contributed by atoms with Crippen LogP contribution in [0.2, 0.25) is 0 Å². The molecule has 0 aliphatic carbocycles. The molecule has 91 heavy (non-hydrogen) atoms. The van der Waals surface area contributed by atoms with Crippen molar-refractivity contribution in [3.05, 3.63) is 23.8 Å². The van der Waals surface area contributed by atoms with Crippen molar-refractivity contribution in [1.82, 2.24) is 0 Å². The molecule has 0 aromatic heterocycles. The van der Waals surface area contributed by atoms with Crippen LogP contribution in [-0.4, -0.2) is 145 Å². The van der Waals surface area contributed by atoms with E-state index in [4.69, 9.17) is 14.2 Å². The molecule has 0 unspecified atom stereocenters. The highest BCUT2D eigenvalue weighted by Gasteiger charge is 3.00. The van der Waals surface area contributed by atoms with Crippen LogP contribution in [0.25, 0.3) is 0 Å². The van der Waals surface area contributed by atoms with E-state index in [-0.39, 0.29) is 12.2 Å². The highest BCUT2D eigenvalue weighted by atomic mass is 32.1. The fraction of sp³-hybridized carbons (Fsp3) is 0.867. The first-order valence-electron chi connectivity index (χ1n) is 24.6. The third kappa shape index (κ3) is 15.1. The van der Waals surface area contributed by atoms with Crippen LogP contribution in [0.4, 0.5) is 184 Å². The average Bonchev–Trinajstić information content (AvgIpc) is 0.707. The molecule has 1 aromatic rings. The predicted molar refractivity (Wildman–Crippen MR) is 227 cm³/mol. The van der Waals surface area contributed by atoms with Crippen LogP contribution in [0.15, 0.2) is 18.2 Å². The first-order valence-corrected chi connectivity index (χ1v) is 25.2. The number of alkyl halides is 42. The van der Waals surface area contributed by atoms with Gasteiger partial charge in [0, 0.05) is 25.5 Å². The molecule has 540 valence electrons. The summed E-state index contributed by atoms with van der Waals surface area (Å²) in [4.78, 5) is 0. The Bertz CT molecular complexity index is 2320. The van der Waals surface area contributed by atoms with E-state index in [2.05, 4.69) is 12.6 Å². The van der Waals surface area contributed by atoms with Gasteiger partial charge in [-0.25, -0.2) is 0 Å². The maximum absolute atomic E-state index is 14.5. The number of hydrogen-bond acceptors (Lipinski definition) is 4. The minimum atomic E-state index is -9.41. The number of rotatable bonds is 40. The Labute approximate surface area is 487 Å². The predicted octanol–water partition coefficient (Wildman–Crippen LogP) is 20.9. The first-order chi connectivity index (χ1) is 40.1. The molecule has 0 N–H and O–H groups in total. The van der Waals surface area contributed by atoms with Crippen LogP contribution in [0, 0.1) is 0 Å². The van der Waals surface area contributed by atoms with Crippen LogP contribution in [0.5, 0.6) is 11.5 Å². The molecule has 0 bridgehead atoms. The Balaban J connectivity index is 3.44. The molecule has 0 amide bonds. The smallest absolute Gasteiger partial charge is 0.460 e. The van der Waals surface area contributed by atoms with Gasteiger partial charge in [-0.15, -0.1) is 0 Å². The second-order valence-corrected chi connectivity index (χ2v) is 20.1. The minimum Gasteiger partial charge on any atom is -0.493 e. The maximum Gasteiger partial charge on any atom is 0.460 e. The van der Waals surface area contributed by atoms with Gasteiger partial charge in [0.05, 0.1) is 19.8 Å². The average molecular weight is 1460 g/mol. The number of halogens is 42. The molecule has 0 atom stereocenters. The molecule has 46 heteroatoms. The molecule has 1 rings (SSSR count). The van der Waals surface area contributed by atoms with E-state index in [0.717, 1.165) is 44.2 Å². The van der Waals surface area contributed by atoms with Crippen LogP contribution in [-0.2, 0) is 11.3 Å². The molecule has 0 radical (unpaired) electrons. The fourth-order valence-corrected chi connectivity index (χ4v) is 7.44. The summed E-state index contributed by atoms with van der Waals surface area (Å²) >= 11 is 4.05. The third-order valence-corrected chi connectivity index (χ3v) is 13.2. The molecule has 0 aliphatic rings. The van der Waals surface area contributed by atoms with Gasteiger partial charge in [0.1, 0.15) is 11.5 Å². The highest BCUT2D eigenvalue weighted by Crippen LogP contribution is 2.69. The zero-order valence-electron chi connectivity index (χ0n) is 44.2. The quantitative estimate of drug-likeness (QED) is 0.0403. The fourth-order valence-electron chi connectivity index (χ4n) is 7.22. The third-order valence-electron chi connectivity index (χ3n) is 12.9. The second-order valence-electron chi connectivity index (χ2n) is 19.6. The zero-order valence-corrected chi connectivity index (χ0v) is 45.1. The van der Waals surface area contributed by atoms with Crippen LogP contribution >= 0.6 is 12.6 Å². The SMILES string of the molecule is FC(F)(F)C(F)(F)C(F)(F)C(F)(F)C(F)(F)C(F)(F)C(F)(F)C(F)(F)C(F)(F)C(F)(F)CCCCOc1cc(COCCCCCCCCCCS)cc(OCCCCC(F)(F)C(F)(F)C(F)(F)C(F)(F)C(F)(F)C(F)(F)C(F)(F)C(F)(F)C(F)(F)C(F)(F)F)c1. The summed E-state index contributed by atoms with van der Waals surface area (Å²) in [6, 6.07) is 2.28. The summed E-state index contributed by atoms with van der Waals surface area (Å²) < 4.78 is 593. The van der Waals surface area contributed by atoms with Gasteiger partial charge in [0.25, 0.3) is 0 Å². The molecule has 1 aromatic carbocycles. The van der Waals surface area contributed by atoms with Crippen molar-refractivity contribution in [3.63, 3.8) is 0 Å². The number of unbranched alkanes of at least 4 members (excludes halogenated alkanes) is 9. The normalized spacial score (nSPS) is 15.6. The first kappa shape index (κ1) is 85.2. The lowest BCUT2D eigenvalue weighted by molar-refractivity contribution is -0.474. The van der Waals surface area contributed by atoms with Gasteiger partial charge in [0.2, 0.25) is 0 Å². The van der Waals surface area contributed by atoms with Crippen molar-refractivity contribution in [1.29, 1.82) is 0 Å². The van der Waals surface area contributed by atoms with Gasteiger partial charge < -0.3 is 14.2 Å². The van der Waals surface area contributed by atoms with Crippen molar-refractivity contribution in [2.75, 3.05) is 25.6 Å². The lowest BCUT2D eigenvalue weighted by Crippen LogP contribution is -2.76. The standard InChI is InChI=1S/C45H42F42O3S/c46-26(47,28(50,51)30(54,55)32(58,59)34(62,63)36(66,67)38(70,71)40(74,75)42(78,79)44(82,83)84)13-7-10-16-89-24-19-23(22-88-15-9-5-3-1-2-4-6-12-18-91)20-25(21-24)90-17-11-8-14-27(48,49)29(52,53)31(56,57)33(60,61)35(64,65)37(68,69)39(72,73)41(76,77)43(80,81)45(85,86)87/h19-21,91H,1-18,22H2. The highest BCUT2D eigenvalue weighted by molar-refractivity contribution is 7.80. The Hall–Kier alpha value is -3.81. The van der Waals surface area contributed by atoms with E-state index in [0.29, 0.717) is 31.1 Å². The largest absolute Gasteiger partial charge is 0.493 e. The number of ether oxygens (including phenoxy) is 3. The Kier molecular flexibility index (Phi) is 26.0. The molecular formula is C45H42F42O3S. The zero-order chi connectivity index (χ0) is 72.4. The van der Waals surface area contributed by atoms with Crippen molar-refractivity contribution in [2.24, 2.45) is 0 Å². The van der Waals surface area contributed by atoms with E-state index < -0.39 is 189 Å². The van der Waals surface area contributed by atoms with Gasteiger partial charge in [-0.3, -0.25) is 0 Å². The summed E-state index contributed by atoms with van der Waals surface area (Å²) in [7, 11) is 0. The van der Waals surface area contributed by atoms with Crippen LogP contribution in [0.1, 0.15) is 95.5 Å². The topological polar surface area (TPSA) is 27.7 Å². The molecular weight excluding hydrogens is 1420 g/mol. The molecule has 0 saturated heterocycles. The molecule has 0 aliphatic heterocycles. The monoisotopic (exact) mass is 1460 g/mol.